The number of hydrogen-bond donors (Lipinski definition) is 2. The molecular formula is C19H21N5O5. The van der Waals surface area contributed by atoms with Crippen LogP contribution in [0.4, 0.5) is 0 Å². The van der Waals surface area contributed by atoms with Crippen LogP contribution in [-0.2, 0) is 4.74 Å². The van der Waals surface area contributed by atoms with Crippen molar-refractivity contribution in [2.75, 3.05) is 19.6 Å². The first-order valence-electron chi connectivity index (χ1n) is 9.68. The number of fused-ring (bicyclic) bond motifs is 1. The molecular weight excluding hydrogens is 378 g/mol. The molecule has 3 aliphatic rings. The predicted octanol–water partition coefficient (Wildman–Crippen LogP) is 0.116. The first-order valence-corrected chi connectivity index (χ1v) is 9.68. The molecule has 5 rings (SSSR count). The maximum absolute atomic E-state index is 12.9. The molecule has 4 atom stereocenters. The molecule has 2 aromatic rings. The first kappa shape index (κ1) is 18.0. The molecule has 10 heteroatoms. The zero-order chi connectivity index (χ0) is 20.2. The molecule has 29 heavy (non-hydrogen) atoms. The Kier molecular flexibility index (Phi) is 4.05. The Bertz CT molecular complexity index is 1030. The number of aryl methyl sites for hydroxylation is 1. The summed E-state index contributed by atoms with van der Waals surface area (Å²) in [6.07, 6.45) is 4.40. The van der Waals surface area contributed by atoms with E-state index in [1.54, 1.807) is 17.9 Å². The van der Waals surface area contributed by atoms with Crippen molar-refractivity contribution in [2.24, 2.45) is 11.8 Å². The highest BCUT2D eigenvalue weighted by atomic mass is 16.5. The summed E-state index contributed by atoms with van der Waals surface area (Å²) in [6.45, 7) is 3.12. The standard InChI is InChI=1S/C19H21N5O5/c1-10-4-14(23-29-10)17(26)21-6-11-13-7-24(8-19(13)3-2-15(11)28-19)18(27)12-5-20-9-22-16(12)25/h4-5,9,11,13,15H,2-3,6-8H2,1H3,(H,21,26)(H,20,22,25)/t11-,13+,15+,19+/m0/s1. The SMILES string of the molecule is Cc1cc(C(=O)NC[C@H]2[C@H]3CN(C(=O)c4cnc[nH]c4=O)C[C@]34CC[C@H]2O4)no1. The second kappa shape index (κ2) is 6.51. The number of carbonyl (C=O) groups is 2. The molecule has 2 amide bonds. The second-order valence-corrected chi connectivity index (χ2v) is 8.04. The monoisotopic (exact) mass is 399 g/mol. The first-order chi connectivity index (χ1) is 14.0. The topological polar surface area (TPSA) is 130 Å². The lowest BCUT2D eigenvalue weighted by molar-refractivity contribution is 0.00314. The third-order valence-corrected chi connectivity index (χ3v) is 6.38. The Balaban J connectivity index is 1.30. The Hall–Kier alpha value is -3.01. The molecule has 152 valence electrons. The minimum absolute atomic E-state index is 0.0321. The van der Waals surface area contributed by atoms with E-state index < -0.39 is 11.2 Å². The highest BCUT2D eigenvalue weighted by Gasteiger charge is 2.63. The molecule has 3 saturated heterocycles. The van der Waals surface area contributed by atoms with Gasteiger partial charge in [0.25, 0.3) is 17.4 Å². The van der Waals surface area contributed by atoms with Crippen molar-refractivity contribution in [3.63, 3.8) is 0 Å². The van der Waals surface area contributed by atoms with Gasteiger partial charge in [0.15, 0.2) is 5.69 Å². The van der Waals surface area contributed by atoms with Crippen molar-refractivity contribution >= 4 is 11.8 Å². The molecule has 0 saturated carbocycles. The summed E-state index contributed by atoms with van der Waals surface area (Å²) >= 11 is 0. The van der Waals surface area contributed by atoms with E-state index in [4.69, 9.17) is 9.26 Å². The van der Waals surface area contributed by atoms with Crippen LogP contribution in [0.1, 0.15) is 39.4 Å². The van der Waals surface area contributed by atoms with Crippen LogP contribution in [-0.4, -0.2) is 63.2 Å². The van der Waals surface area contributed by atoms with Gasteiger partial charge < -0.3 is 24.5 Å². The normalized spacial score (nSPS) is 29.8. The Morgan fingerprint density at radius 2 is 2.31 bits per heavy atom. The average molecular weight is 399 g/mol. The lowest BCUT2D eigenvalue weighted by Gasteiger charge is -2.29. The second-order valence-electron chi connectivity index (χ2n) is 8.04. The van der Waals surface area contributed by atoms with E-state index in [1.165, 1.54) is 12.5 Å². The van der Waals surface area contributed by atoms with Gasteiger partial charge in [0.05, 0.1) is 24.6 Å². The number of rotatable bonds is 4. The number of carbonyl (C=O) groups excluding carboxylic acids is 2. The zero-order valence-electron chi connectivity index (χ0n) is 15.9. The molecule has 2 bridgehead atoms. The van der Waals surface area contributed by atoms with Crippen LogP contribution in [0, 0.1) is 18.8 Å². The Morgan fingerprint density at radius 1 is 1.45 bits per heavy atom. The summed E-state index contributed by atoms with van der Waals surface area (Å²) < 4.78 is 11.3. The van der Waals surface area contributed by atoms with E-state index in [0.717, 1.165) is 12.8 Å². The van der Waals surface area contributed by atoms with Gasteiger partial charge in [-0.05, 0) is 19.8 Å². The molecule has 2 aromatic heterocycles. The zero-order valence-corrected chi connectivity index (χ0v) is 15.9. The van der Waals surface area contributed by atoms with Crippen LogP contribution in [0.2, 0.25) is 0 Å². The molecule has 3 aliphatic heterocycles. The largest absolute Gasteiger partial charge is 0.369 e. The van der Waals surface area contributed by atoms with Crippen LogP contribution >= 0.6 is 0 Å². The molecule has 10 nitrogen and oxygen atoms in total. The number of nitrogens with one attached hydrogen (secondary N) is 2. The Morgan fingerprint density at radius 3 is 3.07 bits per heavy atom. The van der Waals surface area contributed by atoms with Crippen molar-refractivity contribution < 1.29 is 18.8 Å². The molecule has 0 aliphatic carbocycles. The smallest absolute Gasteiger partial charge is 0.273 e. The van der Waals surface area contributed by atoms with Crippen molar-refractivity contribution in [3.05, 3.63) is 46.0 Å². The third kappa shape index (κ3) is 2.86. The number of amides is 2. The van der Waals surface area contributed by atoms with Crippen LogP contribution < -0.4 is 10.9 Å². The van der Waals surface area contributed by atoms with Crippen molar-refractivity contribution in [3.8, 4) is 0 Å². The van der Waals surface area contributed by atoms with Gasteiger partial charge in [0.2, 0.25) is 0 Å². The fourth-order valence-electron chi connectivity index (χ4n) is 5.06. The van der Waals surface area contributed by atoms with E-state index >= 15 is 0 Å². The maximum Gasteiger partial charge on any atom is 0.273 e. The molecule has 0 aromatic carbocycles. The van der Waals surface area contributed by atoms with Gasteiger partial charge in [-0.15, -0.1) is 0 Å². The number of likely N-dealkylation sites (tertiary alicyclic amines) is 1. The van der Waals surface area contributed by atoms with Gasteiger partial charge in [-0.2, -0.15) is 0 Å². The lowest BCUT2D eigenvalue weighted by atomic mass is 9.73. The summed E-state index contributed by atoms with van der Waals surface area (Å²) in [5.41, 5.74) is -0.559. The van der Waals surface area contributed by atoms with E-state index in [-0.39, 0.29) is 41.0 Å². The molecule has 0 unspecified atom stereocenters. The van der Waals surface area contributed by atoms with E-state index in [0.29, 0.717) is 25.4 Å². The Labute approximate surface area is 165 Å². The van der Waals surface area contributed by atoms with Crippen LogP contribution in [0.3, 0.4) is 0 Å². The number of hydrogen-bond acceptors (Lipinski definition) is 7. The maximum atomic E-state index is 12.9. The fourth-order valence-corrected chi connectivity index (χ4v) is 5.06. The molecule has 3 fully saturated rings. The van der Waals surface area contributed by atoms with Crippen LogP contribution in [0.5, 0.6) is 0 Å². The quantitative estimate of drug-likeness (QED) is 0.746. The van der Waals surface area contributed by atoms with Gasteiger partial charge in [-0.3, -0.25) is 14.4 Å². The fraction of sp³-hybridized carbons (Fsp3) is 0.526. The van der Waals surface area contributed by atoms with Gasteiger partial charge in [0.1, 0.15) is 11.3 Å². The minimum Gasteiger partial charge on any atom is -0.369 e. The highest BCUT2D eigenvalue weighted by Crippen LogP contribution is 2.54. The summed E-state index contributed by atoms with van der Waals surface area (Å²) in [6, 6.07) is 1.59. The van der Waals surface area contributed by atoms with Crippen molar-refractivity contribution in [2.45, 2.75) is 31.5 Å². The van der Waals surface area contributed by atoms with E-state index in [9.17, 15) is 14.4 Å². The summed E-state index contributed by atoms with van der Waals surface area (Å²) in [5.74, 6) is 0.168. The molecule has 0 radical (unpaired) electrons. The van der Waals surface area contributed by atoms with Crippen molar-refractivity contribution in [1.82, 2.24) is 25.3 Å². The number of H-pyrrole nitrogens is 1. The van der Waals surface area contributed by atoms with Gasteiger partial charge >= 0.3 is 0 Å². The molecule has 1 spiro atoms. The number of aromatic nitrogens is 3. The summed E-state index contributed by atoms with van der Waals surface area (Å²) in [4.78, 5) is 45.1. The number of aromatic amines is 1. The number of nitrogens with zero attached hydrogens (tertiary/aromatic N) is 3. The predicted molar refractivity (Wildman–Crippen MR) is 98.2 cm³/mol. The van der Waals surface area contributed by atoms with Crippen LogP contribution in [0.15, 0.2) is 27.9 Å². The van der Waals surface area contributed by atoms with Gasteiger partial charge in [0, 0.05) is 37.2 Å². The van der Waals surface area contributed by atoms with Gasteiger partial charge in [-0.1, -0.05) is 5.16 Å². The van der Waals surface area contributed by atoms with Crippen molar-refractivity contribution in [1.29, 1.82) is 0 Å². The molecule has 2 N–H and O–H groups in total. The van der Waals surface area contributed by atoms with Gasteiger partial charge in [-0.25, -0.2) is 4.98 Å². The third-order valence-electron chi connectivity index (χ3n) is 6.38. The average Bonchev–Trinajstić information content (AvgIpc) is 3.46. The summed E-state index contributed by atoms with van der Waals surface area (Å²) in [5, 5.41) is 6.66. The van der Waals surface area contributed by atoms with E-state index in [1.807, 2.05) is 0 Å². The minimum atomic E-state index is -0.448. The molecule has 5 heterocycles. The van der Waals surface area contributed by atoms with Crippen LogP contribution in [0.25, 0.3) is 0 Å². The van der Waals surface area contributed by atoms with E-state index in [2.05, 4.69) is 20.4 Å². The summed E-state index contributed by atoms with van der Waals surface area (Å²) in [7, 11) is 0. The number of ether oxygens (including phenoxy) is 1. The highest BCUT2D eigenvalue weighted by molar-refractivity contribution is 5.94. The lowest BCUT2D eigenvalue weighted by Crippen LogP contribution is -2.42.